The molecule has 0 radical (unpaired) electrons. The highest BCUT2D eigenvalue weighted by atomic mass is 32.1. The van der Waals surface area contributed by atoms with E-state index >= 15 is 0 Å². The highest BCUT2D eigenvalue weighted by Crippen LogP contribution is 2.22. The van der Waals surface area contributed by atoms with Crippen molar-refractivity contribution >= 4 is 11.3 Å². The summed E-state index contributed by atoms with van der Waals surface area (Å²) in [7, 11) is 0. The number of thiazole rings is 1. The van der Waals surface area contributed by atoms with Crippen LogP contribution in [-0.2, 0) is 6.54 Å². The zero-order chi connectivity index (χ0) is 20.9. The molecule has 8 heteroatoms. The van der Waals surface area contributed by atoms with Gasteiger partial charge in [0, 0.05) is 43.9 Å². The van der Waals surface area contributed by atoms with E-state index in [1.54, 1.807) is 6.20 Å². The Bertz CT molecular complexity index is 929. The van der Waals surface area contributed by atoms with Gasteiger partial charge in [0.25, 0.3) is 0 Å². The molecule has 1 aromatic carbocycles. The van der Waals surface area contributed by atoms with Crippen molar-refractivity contribution in [2.45, 2.75) is 32.5 Å². The third-order valence-corrected chi connectivity index (χ3v) is 6.15. The predicted molar refractivity (Wildman–Crippen MR) is 117 cm³/mol. The van der Waals surface area contributed by atoms with Gasteiger partial charge in [-0.2, -0.15) is 0 Å². The second kappa shape index (κ2) is 9.70. The highest BCUT2D eigenvalue weighted by Gasteiger charge is 2.26. The van der Waals surface area contributed by atoms with Gasteiger partial charge in [-0.1, -0.05) is 46.8 Å². The molecule has 3 heterocycles. The first kappa shape index (κ1) is 21.0. The predicted octanol–water partition coefficient (Wildman–Crippen LogP) is 3.05. The molecule has 160 valence electrons. The number of aryl methyl sites for hydroxylation is 1. The van der Waals surface area contributed by atoms with Gasteiger partial charge in [0.2, 0.25) is 0 Å². The van der Waals surface area contributed by atoms with Crippen LogP contribution < -0.4 is 4.74 Å². The number of aromatic nitrogens is 2. The van der Waals surface area contributed by atoms with Gasteiger partial charge in [0.15, 0.2) is 10.8 Å². The Hall–Kier alpha value is -2.26. The lowest BCUT2D eigenvalue weighted by Crippen LogP contribution is -2.53. The fraction of sp³-hybridized carbons (Fsp3) is 0.455. The molecule has 2 atom stereocenters. The summed E-state index contributed by atoms with van der Waals surface area (Å²) in [6, 6.07) is 12.4. The van der Waals surface area contributed by atoms with Gasteiger partial charge >= 0.3 is 0 Å². The first-order valence-electron chi connectivity index (χ1n) is 10.3. The lowest BCUT2D eigenvalue weighted by Gasteiger charge is -2.40. The van der Waals surface area contributed by atoms with E-state index in [2.05, 4.69) is 26.9 Å². The number of benzene rings is 1. The number of rotatable bonds is 8. The molecule has 1 saturated heterocycles. The molecule has 1 aliphatic heterocycles. The lowest BCUT2D eigenvalue weighted by atomic mass is 10.1. The van der Waals surface area contributed by atoms with Crippen molar-refractivity contribution in [3.05, 3.63) is 53.4 Å². The minimum atomic E-state index is -0.524. The second-order valence-corrected chi connectivity index (χ2v) is 8.98. The van der Waals surface area contributed by atoms with Gasteiger partial charge in [0.05, 0.1) is 17.7 Å². The van der Waals surface area contributed by atoms with Gasteiger partial charge < -0.3 is 14.4 Å². The molecule has 0 aliphatic carbocycles. The highest BCUT2D eigenvalue weighted by molar-refractivity contribution is 7.13. The van der Waals surface area contributed by atoms with Crippen LogP contribution in [0, 0.1) is 6.92 Å². The van der Waals surface area contributed by atoms with Gasteiger partial charge in [0.1, 0.15) is 18.4 Å². The van der Waals surface area contributed by atoms with E-state index in [1.807, 2.05) is 43.3 Å². The van der Waals surface area contributed by atoms with Crippen LogP contribution in [0.1, 0.15) is 17.7 Å². The molecular formula is C22H28N4O3S. The average molecular weight is 429 g/mol. The molecule has 0 spiro atoms. The number of β-amino-alcohol motifs (C(OH)–C–C–N with tert-alkyl or cyclic N) is 1. The molecular weight excluding hydrogens is 400 g/mol. The van der Waals surface area contributed by atoms with E-state index in [4.69, 9.17) is 9.26 Å². The van der Waals surface area contributed by atoms with Gasteiger partial charge in [-0.3, -0.25) is 9.80 Å². The summed E-state index contributed by atoms with van der Waals surface area (Å²) >= 11 is 1.50. The molecule has 0 unspecified atom stereocenters. The molecule has 0 amide bonds. The minimum Gasteiger partial charge on any atom is -0.480 e. The van der Waals surface area contributed by atoms with Crippen molar-refractivity contribution in [1.29, 1.82) is 0 Å². The number of hydrogen-bond donors (Lipinski definition) is 1. The Balaban J connectivity index is 1.23. The van der Waals surface area contributed by atoms with Crippen molar-refractivity contribution in [3.63, 3.8) is 0 Å². The fourth-order valence-corrected chi connectivity index (χ4v) is 4.38. The van der Waals surface area contributed by atoms with E-state index in [1.165, 1.54) is 11.3 Å². The standard InChI is InChI=1S/C22H28N4O3S/c1-16-12-25(14-20-10-21(24-29-20)18-6-4-3-5-7-18)8-9-26(16)13-19(27)15-28-22-11-23-17(2)30-22/h3-7,10-11,16,19,27H,8-9,12-15H2,1-2H3/t16-,19+/m0/s1. The van der Waals surface area contributed by atoms with Gasteiger partial charge in [-0.05, 0) is 13.8 Å². The number of piperazine rings is 1. The van der Waals surface area contributed by atoms with E-state index in [9.17, 15) is 5.11 Å². The molecule has 30 heavy (non-hydrogen) atoms. The largest absolute Gasteiger partial charge is 0.480 e. The van der Waals surface area contributed by atoms with Gasteiger partial charge in [-0.25, -0.2) is 4.98 Å². The summed E-state index contributed by atoms with van der Waals surface area (Å²) in [6.07, 6.45) is 1.19. The van der Waals surface area contributed by atoms with Crippen LogP contribution in [0.2, 0.25) is 0 Å². The summed E-state index contributed by atoms with van der Waals surface area (Å²) in [6.45, 7) is 8.52. The number of nitrogens with zero attached hydrogens (tertiary/aromatic N) is 4. The van der Waals surface area contributed by atoms with Crippen LogP contribution in [0.25, 0.3) is 11.3 Å². The number of ether oxygens (including phenoxy) is 1. The Kier molecular flexibility index (Phi) is 6.79. The summed E-state index contributed by atoms with van der Waals surface area (Å²) < 4.78 is 11.2. The summed E-state index contributed by atoms with van der Waals surface area (Å²) in [5.74, 6) is 0.878. The third-order valence-electron chi connectivity index (χ3n) is 5.32. The van der Waals surface area contributed by atoms with Crippen LogP contribution in [0.3, 0.4) is 0 Å². The summed E-state index contributed by atoms with van der Waals surface area (Å²) in [5, 5.41) is 16.3. The quantitative estimate of drug-likeness (QED) is 0.591. The molecule has 1 N–H and O–H groups in total. The van der Waals surface area contributed by atoms with E-state index in [-0.39, 0.29) is 6.61 Å². The molecule has 0 bridgehead atoms. The van der Waals surface area contributed by atoms with Crippen LogP contribution in [0.15, 0.2) is 47.1 Å². The van der Waals surface area contributed by atoms with Crippen molar-refractivity contribution in [1.82, 2.24) is 19.9 Å². The first-order valence-corrected chi connectivity index (χ1v) is 11.1. The average Bonchev–Trinajstić information content (AvgIpc) is 3.38. The topological polar surface area (TPSA) is 74.9 Å². The second-order valence-electron chi connectivity index (χ2n) is 7.79. The van der Waals surface area contributed by atoms with Crippen LogP contribution in [0.5, 0.6) is 5.06 Å². The van der Waals surface area contributed by atoms with Crippen molar-refractivity contribution < 1.29 is 14.4 Å². The van der Waals surface area contributed by atoms with E-state index in [0.717, 1.165) is 53.3 Å². The molecule has 3 aromatic rings. The van der Waals surface area contributed by atoms with Crippen molar-refractivity contribution in [2.24, 2.45) is 0 Å². The van der Waals surface area contributed by atoms with Crippen molar-refractivity contribution in [3.8, 4) is 16.3 Å². The monoisotopic (exact) mass is 428 g/mol. The maximum Gasteiger partial charge on any atom is 0.194 e. The smallest absolute Gasteiger partial charge is 0.194 e. The zero-order valence-electron chi connectivity index (χ0n) is 17.4. The molecule has 1 aliphatic rings. The Morgan fingerprint density at radius 1 is 1.30 bits per heavy atom. The summed E-state index contributed by atoms with van der Waals surface area (Å²) in [4.78, 5) is 8.86. The molecule has 2 aromatic heterocycles. The lowest BCUT2D eigenvalue weighted by molar-refractivity contribution is 0.0183. The zero-order valence-corrected chi connectivity index (χ0v) is 18.2. The normalized spacial score (nSPS) is 19.1. The molecule has 7 nitrogen and oxygen atoms in total. The SMILES string of the molecule is Cc1ncc(OC[C@H](O)CN2CCN(Cc3cc(-c4ccccc4)no3)C[C@@H]2C)s1. The Morgan fingerprint density at radius 2 is 2.13 bits per heavy atom. The summed E-state index contributed by atoms with van der Waals surface area (Å²) in [5.41, 5.74) is 1.94. The maximum atomic E-state index is 10.4. The molecule has 4 rings (SSSR count). The number of hydrogen-bond acceptors (Lipinski definition) is 8. The van der Waals surface area contributed by atoms with Crippen molar-refractivity contribution in [2.75, 3.05) is 32.8 Å². The number of aliphatic hydroxyl groups excluding tert-OH is 1. The van der Waals surface area contributed by atoms with E-state index in [0.29, 0.717) is 12.6 Å². The Morgan fingerprint density at radius 3 is 2.87 bits per heavy atom. The number of aliphatic hydroxyl groups is 1. The third kappa shape index (κ3) is 5.46. The maximum absolute atomic E-state index is 10.4. The van der Waals surface area contributed by atoms with Gasteiger partial charge in [-0.15, -0.1) is 0 Å². The minimum absolute atomic E-state index is 0.287. The molecule has 0 saturated carbocycles. The molecule has 1 fully saturated rings. The van der Waals surface area contributed by atoms with Crippen LogP contribution >= 0.6 is 11.3 Å². The van der Waals surface area contributed by atoms with Crippen LogP contribution in [0.4, 0.5) is 0 Å². The first-order chi connectivity index (χ1) is 14.6. The van der Waals surface area contributed by atoms with E-state index < -0.39 is 6.10 Å². The van der Waals surface area contributed by atoms with Crippen LogP contribution in [-0.4, -0.2) is 70.0 Å². The Labute approximate surface area is 180 Å². The fourth-order valence-electron chi connectivity index (χ4n) is 3.75.